The first-order chi connectivity index (χ1) is 7.56. The van der Waals surface area contributed by atoms with Gasteiger partial charge in [0.15, 0.2) is 0 Å². The van der Waals surface area contributed by atoms with Crippen LogP contribution in [0.2, 0.25) is 0 Å². The summed E-state index contributed by atoms with van der Waals surface area (Å²) in [5.74, 6) is 0.0334. The van der Waals surface area contributed by atoms with Gasteiger partial charge in [-0.1, -0.05) is 6.92 Å². The largest absolute Gasteiger partial charge is 0.506 e. The molecule has 0 fully saturated rings. The van der Waals surface area contributed by atoms with E-state index in [1.54, 1.807) is 0 Å². The molecule has 6 heteroatoms. The molecule has 5 nitrogen and oxygen atoms in total. The summed E-state index contributed by atoms with van der Waals surface area (Å²) >= 11 is 1.85. The molecule has 0 aliphatic heterocycles. The van der Waals surface area contributed by atoms with Gasteiger partial charge in [0.1, 0.15) is 5.75 Å². The van der Waals surface area contributed by atoms with Crippen LogP contribution in [0.3, 0.4) is 0 Å². The molecule has 0 aliphatic rings. The fourth-order valence-corrected chi connectivity index (χ4v) is 1.73. The molecule has 1 rings (SSSR count). The minimum Gasteiger partial charge on any atom is -0.506 e. The molecule has 86 valence electrons. The van der Waals surface area contributed by atoms with Crippen LogP contribution in [0, 0.1) is 13.7 Å². The lowest BCUT2D eigenvalue weighted by atomic mass is 10.2. The van der Waals surface area contributed by atoms with E-state index in [1.807, 2.05) is 29.5 Å². The van der Waals surface area contributed by atoms with Gasteiger partial charge in [-0.3, -0.25) is 15.1 Å². The van der Waals surface area contributed by atoms with Crippen LogP contribution >= 0.6 is 22.6 Å². The monoisotopic (exact) mass is 334 g/mol. The first-order valence-corrected chi connectivity index (χ1v) is 5.81. The van der Waals surface area contributed by atoms with Crippen LogP contribution < -0.4 is 0 Å². The highest BCUT2D eigenvalue weighted by Gasteiger charge is 2.13. The van der Waals surface area contributed by atoms with E-state index in [-0.39, 0.29) is 11.4 Å². The van der Waals surface area contributed by atoms with Crippen LogP contribution in [0.4, 0.5) is 5.69 Å². The number of benzene rings is 1. The summed E-state index contributed by atoms with van der Waals surface area (Å²) in [6.45, 7) is 2.62. The molecule has 0 bridgehead atoms. The summed E-state index contributed by atoms with van der Waals surface area (Å²) in [4.78, 5) is 14.2. The number of hydrogen-bond donors (Lipinski definition) is 1. The molecule has 0 atom stereocenters. The number of non-ortho nitro benzene ring substituents is 1. The Balaban J connectivity index is 3.11. The van der Waals surface area contributed by atoms with Crippen LogP contribution in [0.25, 0.3) is 0 Å². The van der Waals surface area contributed by atoms with E-state index in [9.17, 15) is 15.2 Å². The van der Waals surface area contributed by atoms with Gasteiger partial charge in [0.25, 0.3) is 5.69 Å². The molecule has 0 saturated heterocycles. The fraction of sp³-hybridized carbons (Fsp3) is 0.300. The number of hydrogen-bond acceptors (Lipinski definition) is 4. The molecule has 16 heavy (non-hydrogen) atoms. The zero-order valence-electron chi connectivity index (χ0n) is 8.68. The zero-order chi connectivity index (χ0) is 12.1. The molecule has 0 aromatic heterocycles. The van der Waals surface area contributed by atoms with Crippen molar-refractivity contribution >= 4 is 34.5 Å². The smallest absolute Gasteiger partial charge is 0.271 e. The van der Waals surface area contributed by atoms with Crippen LogP contribution in [-0.2, 0) is 0 Å². The van der Waals surface area contributed by atoms with Crippen molar-refractivity contribution in [1.82, 2.24) is 0 Å². The van der Waals surface area contributed by atoms with Crippen LogP contribution in [0.5, 0.6) is 5.75 Å². The normalized spacial score (nSPS) is 10.9. The van der Waals surface area contributed by atoms with Crippen molar-refractivity contribution in [2.45, 2.75) is 13.3 Å². The Morgan fingerprint density at radius 2 is 2.31 bits per heavy atom. The predicted molar refractivity (Wildman–Crippen MR) is 70.2 cm³/mol. The Bertz CT molecular complexity index is 432. The second kappa shape index (κ2) is 5.78. The number of halogens is 1. The minimum atomic E-state index is -0.487. The zero-order valence-corrected chi connectivity index (χ0v) is 10.8. The molecular weight excluding hydrogens is 323 g/mol. The summed E-state index contributed by atoms with van der Waals surface area (Å²) < 4.78 is 0.449. The van der Waals surface area contributed by atoms with E-state index >= 15 is 0 Å². The average Bonchev–Trinajstić information content (AvgIpc) is 2.24. The highest BCUT2D eigenvalue weighted by molar-refractivity contribution is 14.1. The highest BCUT2D eigenvalue weighted by atomic mass is 127. The summed E-state index contributed by atoms with van der Waals surface area (Å²) in [6, 6.07) is 2.64. The van der Waals surface area contributed by atoms with Gasteiger partial charge in [-0.2, -0.15) is 0 Å². The molecule has 0 spiro atoms. The van der Waals surface area contributed by atoms with E-state index in [4.69, 9.17) is 0 Å². The van der Waals surface area contributed by atoms with Gasteiger partial charge in [-0.25, -0.2) is 0 Å². The van der Waals surface area contributed by atoms with Crippen LogP contribution in [0.15, 0.2) is 17.1 Å². The second-order valence-corrected chi connectivity index (χ2v) is 4.32. The third-order valence-electron chi connectivity index (χ3n) is 1.87. The van der Waals surface area contributed by atoms with Crippen molar-refractivity contribution in [3.8, 4) is 5.75 Å². The molecule has 1 N–H and O–H groups in total. The Kier molecular flexibility index (Phi) is 4.66. The summed E-state index contributed by atoms with van der Waals surface area (Å²) in [6.07, 6.45) is 2.36. The number of rotatable bonds is 4. The van der Waals surface area contributed by atoms with E-state index in [0.29, 0.717) is 15.7 Å². The Labute approximate surface area is 106 Å². The first kappa shape index (κ1) is 12.9. The van der Waals surface area contributed by atoms with Crippen molar-refractivity contribution in [2.75, 3.05) is 6.54 Å². The van der Waals surface area contributed by atoms with Gasteiger partial charge in [0, 0.05) is 30.5 Å². The number of nitro groups is 1. The number of aliphatic imine (C=N–C) groups is 1. The van der Waals surface area contributed by atoms with Crippen molar-refractivity contribution in [3.63, 3.8) is 0 Å². The van der Waals surface area contributed by atoms with Crippen molar-refractivity contribution in [3.05, 3.63) is 31.4 Å². The summed E-state index contributed by atoms with van der Waals surface area (Å²) in [5.41, 5.74) is 0.340. The maximum Gasteiger partial charge on any atom is 0.271 e. The van der Waals surface area contributed by atoms with Gasteiger partial charge >= 0.3 is 0 Å². The Hall–Kier alpha value is -1.18. The van der Waals surface area contributed by atoms with Crippen molar-refractivity contribution in [2.24, 2.45) is 4.99 Å². The van der Waals surface area contributed by atoms with Gasteiger partial charge in [-0.05, 0) is 29.0 Å². The van der Waals surface area contributed by atoms with Crippen LogP contribution in [0.1, 0.15) is 18.9 Å². The molecule has 0 saturated carbocycles. The summed E-state index contributed by atoms with van der Waals surface area (Å²) in [5, 5.41) is 20.3. The molecule has 0 radical (unpaired) electrons. The van der Waals surface area contributed by atoms with Crippen LogP contribution in [-0.4, -0.2) is 22.8 Å². The highest BCUT2D eigenvalue weighted by Crippen LogP contribution is 2.28. The number of nitrogens with zero attached hydrogens (tertiary/aromatic N) is 2. The Morgan fingerprint density at radius 3 is 2.88 bits per heavy atom. The fourth-order valence-electron chi connectivity index (χ4n) is 1.10. The second-order valence-electron chi connectivity index (χ2n) is 3.16. The molecule has 0 amide bonds. The van der Waals surface area contributed by atoms with E-state index in [1.165, 1.54) is 18.3 Å². The first-order valence-electron chi connectivity index (χ1n) is 4.73. The maximum absolute atomic E-state index is 10.6. The predicted octanol–water partition coefficient (Wildman–Crippen LogP) is 2.73. The van der Waals surface area contributed by atoms with Crippen molar-refractivity contribution in [1.29, 1.82) is 0 Å². The lowest BCUT2D eigenvalue weighted by molar-refractivity contribution is -0.385. The lowest BCUT2D eigenvalue weighted by Crippen LogP contribution is -1.93. The number of nitro benzene ring substituents is 1. The molecule has 0 heterocycles. The van der Waals surface area contributed by atoms with Crippen molar-refractivity contribution < 1.29 is 10.0 Å². The SMILES string of the molecule is CCCN=Cc1cc([N+](=O)[O-])cc(I)c1O. The number of phenols is 1. The standard InChI is InChI=1S/C10H11IN2O3/c1-2-3-12-6-7-4-8(13(15)16)5-9(11)10(7)14/h4-6,14H,2-3H2,1H3. The molecule has 0 unspecified atom stereocenters. The Morgan fingerprint density at radius 1 is 1.62 bits per heavy atom. The van der Waals surface area contributed by atoms with Gasteiger partial charge < -0.3 is 5.11 Å². The van der Waals surface area contributed by atoms with Gasteiger partial charge in [0.2, 0.25) is 0 Å². The molecule has 1 aromatic carbocycles. The number of aromatic hydroxyl groups is 1. The maximum atomic E-state index is 10.6. The van der Waals surface area contributed by atoms with E-state index in [2.05, 4.69) is 4.99 Å². The van der Waals surface area contributed by atoms with Gasteiger partial charge in [-0.15, -0.1) is 0 Å². The van der Waals surface area contributed by atoms with E-state index in [0.717, 1.165) is 6.42 Å². The third kappa shape index (κ3) is 3.16. The topological polar surface area (TPSA) is 75.7 Å². The minimum absolute atomic E-state index is 0.0334. The average molecular weight is 334 g/mol. The lowest BCUT2D eigenvalue weighted by Gasteiger charge is -2.01. The molecule has 1 aromatic rings. The quantitative estimate of drug-likeness (QED) is 0.398. The van der Waals surface area contributed by atoms with Gasteiger partial charge in [0.05, 0.1) is 8.49 Å². The number of phenolic OH excluding ortho intramolecular Hbond substituents is 1. The molecule has 0 aliphatic carbocycles. The molecular formula is C10H11IN2O3. The summed E-state index contributed by atoms with van der Waals surface area (Å²) in [7, 11) is 0. The third-order valence-corrected chi connectivity index (χ3v) is 2.69. The van der Waals surface area contributed by atoms with E-state index < -0.39 is 4.92 Å².